The summed E-state index contributed by atoms with van der Waals surface area (Å²) in [5.74, 6) is -0.0305. The molecule has 3 aromatic rings. The quantitative estimate of drug-likeness (QED) is 0.102. The van der Waals surface area contributed by atoms with Crippen molar-refractivity contribution in [1.29, 1.82) is 0 Å². The van der Waals surface area contributed by atoms with Crippen LogP contribution in [0.5, 0.6) is 0 Å². The van der Waals surface area contributed by atoms with Crippen LogP contribution in [-0.2, 0) is 19.1 Å². The number of hydrogen-bond donors (Lipinski definition) is 2. The molecule has 0 radical (unpaired) electrons. The highest BCUT2D eigenvalue weighted by Gasteiger charge is 2.36. The van der Waals surface area contributed by atoms with Gasteiger partial charge in [-0.1, -0.05) is 123 Å². The highest BCUT2D eigenvalue weighted by atomic mass is 32.2. The fraction of sp³-hybridized carbons (Fsp3) is 0.333. The zero-order valence-electron chi connectivity index (χ0n) is 22.8. The lowest BCUT2D eigenvalue weighted by molar-refractivity contribution is -0.145. The van der Waals surface area contributed by atoms with Crippen molar-refractivity contribution in [3.05, 3.63) is 120 Å². The van der Waals surface area contributed by atoms with Gasteiger partial charge in [-0.15, -0.1) is 11.8 Å². The summed E-state index contributed by atoms with van der Waals surface area (Å²) in [7, 11) is 1.31. The van der Waals surface area contributed by atoms with Crippen molar-refractivity contribution >= 4 is 23.6 Å². The SMILES string of the molecule is CCCC[C@@H](NC(=O)CC(O)/C=C/CCSC(c1ccccc1)(c1ccccc1)c1ccccc1)C(=O)OC. The van der Waals surface area contributed by atoms with E-state index < -0.39 is 22.9 Å². The van der Waals surface area contributed by atoms with Crippen LogP contribution in [0.4, 0.5) is 0 Å². The molecule has 6 heteroatoms. The van der Waals surface area contributed by atoms with E-state index >= 15 is 0 Å². The van der Waals surface area contributed by atoms with Gasteiger partial charge in [0.05, 0.1) is 24.4 Å². The number of unbranched alkanes of at least 4 members (excludes halogenated alkanes) is 1. The molecule has 39 heavy (non-hydrogen) atoms. The number of aliphatic hydroxyl groups is 1. The summed E-state index contributed by atoms with van der Waals surface area (Å²) in [5.41, 5.74) is 3.61. The van der Waals surface area contributed by atoms with Gasteiger partial charge in [0.1, 0.15) is 6.04 Å². The van der Waals surface area contributed by atoms with Gasteiger partial charge < -0.3 is 15.2 Å². The third-order valence-corrected chi connectivity index (χ3v) is 8.14. The Labute approximate surface area is 236 Å². The first-order chi connectivity index (χ1) is 19.0. The Hall–Kier alpha value is -3.35. The van der Waals surface area contributed by atoms with Gasteiger partial charge in [0.15, 0.2) is 0 Å². The fourth-order valence-corrected chi connectivity index (χ4v) is 6.08. The Morgan fingerprint density at radius 2 is 1.44 bits per heavy atom. The number of allylic oxidation sites excluding steroid dienone is 1. The van der Waals surface area contributed by atoms with Crippen LogP contribution in [0.15, 0.2) is 103 Å². The smallest absolute Gasteiger partial charge is 0.328 e. The minimum Gasteiger partial charge on any atom is -0.467 e. The highest BCUT2D eigenvalue weighted by Crippen LogP contribution is 2.48. The van der Waals surface area contributed by atoms with E-state index in [2.05, 4.69) is 78.1 Å². The molecule has 0 heterocycles. The maximum absolute atomic E-state index is 12.4. The number of methoxy groups -OCH3 is 1. The molecule has 3 rings (SSSR count). The standard InChI is InChI=1S/C33H39NO4S/c1-3-4-23-30(32(37)38-2)34-31(36)25-29(35)22-14-15-24-39-33(26-16-8-5-9-17-26,27-18-10-6-11-19-27)28-20-12-7-13-21-28/h5-14,16-22,29-30,35H,3-4,15,23-25H2,1-2H3,(H,34,36)/b22-14+/t29?,30-/m1/s1. The molecule has 0 saturated carbocycles. The van der Waals surface area contributed by atoms with Crippen LogP contribution in [0.3, 0.4) is 0 Å². The average molecular weight is 546 g/mol. The number of aliphatic hydroxyl groups excluding tert-OH is 1. The number of benzene rings is 3. The van der Waals surface area contributed by atoms with Crippen LogP contribution in [0.2, 0.25) is 0 Å². The van der Waals surface area contributed by atoms with Gasteiger partial charge in [-0.3, -0.25) is 4.79 Å². The molecule has 0 aliphatic rings. The zero-order chi connectivity index (χ0) is 27.9. The number of rotatable bonds is 15. The van der Waals surface area contributed by atoms with E-state index in [9.17, 15) is 14.7 Å². The molecule has 0 bridgehead atoms. The van der Waals surface area contributed by atoms with Crippen LogP contribution in [-0.4, -0.2) is 42.0 Å². The predicted octanol–water partition coefficient (Wildman–Crippen LogP) is 6.26. The molecule has 5 nitrogen and oxygen atoms in total. The summed E-state index contributed by atoms with van der Waals surface area (Å²) in [4.78, 5) is 24.4. The fourth-order valence-electron chi connectivity index (χ4n) is 4.61. The monoisotopic (exact) mass is 545 g/mol. The molecule has 2 atom stereocenters. The molecule has 2 N–H and O–H groups in total. The van der Waals surface area contributed by atoms with Gasteiger partial charge in [0.2, 0.25) is 5.91 Å². The van der Waals surface area contributed by atoms with Gasteiger partial charge in [-0.2, -0.15) is 0 Å². The van der Waals surface area contributed by atoms with Crippen LogP contribution in [0.1, 0.15) is 55.7 Å². The van der Waals surface area contributed by atoms with E-state index in [0.717, 1.165) is 25.0 Å². The van der Waals surface area contributed by atoms with E-state index in [1.54, 1.807) is 6.08 Å². The molecule has 206 valence electrons. The third kappa shape index (κ3) is 8.57. The number of esters is 1. The Morgan fingerprint density at radius 1 is 0.923 bits per heavy atom. The minimum absolute atomic E-state index is 0.106. The van der Waals surface area contributed by atoms with Crippen molar-refractivity contribution in [1.82, 2.24) is 5.32 Å². The van der Waals surface area contributed by atoms with Crippen molar-refractivity contribution in [2.24, 2.45) is 0 Å². The van der Waals surface area contributed by atoms with E-state index in [-0.39, 0.29) is 12.3 Å². The van der Waals surface area contributed by atoms with Crippen molar-refractivity contribution in [3.63, 3.8) is 0 Å². The summed E-state index contributed by atoms with van der Waals surface area (Å²) >= 11 is 1.85. The van der Waals surface area contributed by atoms with E-state index in [0.29, 0.717) is 6.42 Å². The average Bonchev–Trinajstić information content (AvgIpc) is 2.98. The lowest BCUT2D eigenvalue weighted by Crippen LogP contribution is -2.42. The second-order valence-corrected chi connectivity index (χ2v) is 10.7. The molecular formula is C33H39NO4S. The summed E-state index contributed by atoms with van der Waals surface area (Å²) in [5, 5.41) is 13.1. The maximum atomic E-state index is 12.4. The molecule has 0 spiro atoms. The number of carbonyl (C=O) groups excluding carboxylic acids is 2. The first kappa shape index (κ1) is 30.2. The largest absolute Gasteiger partial charge is 0.467 e. The Kier molecular flexibility index (Phi) is 12.3. The molecule has 0 aromatic heterocycles. The molecule has 1 amide bonds. The van der Waals surface area contributed by atoms with E-state index in [1.165, 1.54) is 23.8 Å². The van der Waals surface area contributed by atoms with Crippen molar-refractivity contribution in [2.75, 3.05) is 12.9 Å². The molecule has 0 fully saturated rings. The summed E-state index contributed by atoms with van der Waals surface area (Å²) < 4.78 is 4.41. The predicted molar refractivity (Wildman–Crippen MR) is 160 cm³/mol. The number of ether oxygens (including phenoxy) is 1. The lowest BCUT2D eigenvalue weighted by atomic mass is 9.84. The lowest BCUT2D eigenvalue weighted by Gasteiger charge is -2.35. The topological polar surface area (TPSA) is 75.6 Å². The highest BCUT2D eigenvalue weighted by molar-refractivity contribution is 8.00. The van der Waals surface area contributed by atoms with Crippen molar-refractivity contribution < 1.29 is 19.4 Å². The van der Waals surface area contributed by atoms with Crippen molar-refractivity contribution in [3.8, 4) is 0 Å². The van der Waals surface area contributed by atoms with Crippen molar-refractivity contribution in [2.45, 2.75) is 55.9 Å². The van der Waals surface area contributed by atoms with Gasteiger partial charge in [-0.05, 0) is 35.3 Å². The number of thioether (sulfide) groups is 1. The van der Waals surface area contributed by atoms with Crippen LogP contribution < -0.4 is 5.32 Å². The number of amides is 1. The van der Waals surface area contributed by atoms with Crippen LogP contribution >= 0.6 is 11.8 Å². The number of hydrogen-bond acceptors (Lipinski definition) is 5. The molecular weight excluding hydrogens is 506 g/mol. The van der Waals surface area contributed by atoms with Gasteiger partial charge in [0, 0.05) is 0 Å². The zero-order valence-corrected chi connectivity index (χ0v) is 23.6. The summed E-state index contributed by atoms with van der Waals surface area (Å²) in [6, 6.07) is 30.9. The first-order valence-corrected chi connectivity index (χ1v) is 14.5. The molecule has 1 unspecified atom stereocenters. The number of nitrogens with one attached hydrogen (secondary N) is 1. The minimum atomic E-state index is -0.929. The molecule has 0 saturated heterocycles. The normalized spacial score (nSPS) is 13.1. The van der Waals surface area contributed by atoms with Crippen LogP contribution in [0, 0.1) is 0 Å². The third-order valence-electron chi connectivity index (χ3n) is 6.56. The second kappa shape index (κ2) is 15.9. The second-order valence-electron chi connectivity index (χ2n) is 9.40. The Bertz CT molecular complexity index is 1070. The first-order valence-electron chi connectivity index (χ1n) is 13.5. The summed E-state index contributed by atoms with van der Waals surface area (Å²) in [6.07, 6.45) is 5.50. The van der Waals surface area contributed by atoms with Crippen LogP contribution in [0.25, 0.3) is 0 Å². The molecule has 3 aromatic carbocycles. The molecule has 0 aliphatic heterocycles. The molecule has 0 aliphatic carbocycles. The van der Waals surface area contributed by atoms with Gasteiger partial charge in [0.25, 0.3) is 0 Å². The Morgan fingerprint density at radius 3 is 1.90 bits per heavy atom. The van der Waals surface area contributed by atoms with E-state index in [4.69, 9.17) is 4.74 Å². The van der Waals surface area contributed by atoms with Gasteiger partial charge in [-0.25, -0.2) is 4.79 Å². The van der Waals surface area contributed by atoms with Gasteiger partial charge >= 0.3 is 5.97 Å². The number of carbonyl (C=O) groups is 2. The Balaban J connectivity index is 1.67. The van der Waals surface area contributed by atoms with E-state index in [1.807, 2.05) is 43.0 Å². The maximum Gasteiger partial charge on any atom is 0.328 e. The summed E-state index contributed by atoms with van der Waals surface area (Å²) in [6.45, 7) is 2.02.